The van der Waals surface area contributed by atoms with Gasteiger partial charge in [-0.15, -0.1) is 0 Å². The average molecular weight is 711 g/mol. The molecular weight excluding hydrogens is 670 g/mol. The molecule has 5 rings (SSSR count). The molecule has 1 unspecified atom stereocenters. The second kappa shape index (κ2) is 14.6. The number of methoxy groups -OCH3 is 2. The first kappa shape index (κ1) is 34.6. The summed E-state index contributed by atoms with van der Waals surface area (Å²) in [5, 5.41) is 9.85. The van der Waals surface area contributed by atoms with E-state index >= 15 is 0 Å². The summed E-state index contributed by atoms with van der Waals surface area (Å²) in [7, 11) is 7.14. The molecule has 0 radical (unpaired) electrons. The number of aromatic nitrogens is 2. The number of rotatable bonds is 9. The Hall–Kier alpha value is -4.72. The van der Waals surface area contributed by atoms with Crippen LogP contribution in [0.1, 0.15) is 52.0 Å². The summed E-state index contributed by atoms with van der Waals surface area (Å²) in [4.78, 5) is 34.4. The van der Waals surface area contributed by atoms with Crippen LogP contribution in [0.3, 0.4) is 0 Å². The van der Waals surface area contributed by atoms with Gasteiger partial charge in [0.1, 0.15) is 27.7 Å². The molecule has 0 saturated heterocycles. The zero-order chi connectivity index (χ0) is 34.7. The van der Waals surface area contributed by atoms with Crippen molar-refractivity contribution >= 4 is 27.9 Å². The van der Waals surface area contributed by atoms with Crippen molar-refractivity contribution in [3.63, 3.8) is 0 Å². The molecule has 10 heteroatoms. The Labute approximate surface area is 290 Å². The lowest BCUT2D eigenvalue weighted by atomic mass is 9.89. The van der Waals surface area contributed by atoms with Gasteiger partial charge in [-0.2, -0.15) is 5.26 Å². The fraction of sp³-hybridized carbons (Fsp3) is 0.316. The van der Waals surface area contributed by atoms with Crippen LogP contribution in [0.4, 0.5) is 0 Å². The molecule has 2 aromatic heterocycles. The first-order chi connectivity index (χ1) is 23.0. The predicted molar refractivity (Wildman–Crippen MR) is 191 cm³/mol. The lowest BCUT2D eigenvalue weighted by Crippen LogP contribution is -2.40. The van der Waals surface area contributed by atoms with E-state index in [0.717, 1.165) is 27.8 Å². The third-order valence-electron chi connectivity index (χ3n) is 9.19. The maximum Gasteiger partial charge on any atom is 0.265 e. The molecule has 4 aromatic rings. The Balaban J connectivity index is 1.38. The molecule has 1 aliphatic heterocycles. The van der Waals surface area contributed by atoms with Crippen molar-refractivity contribution in [1.82, 2.24) is 19.4 Å². The van der Waals surface area contributed by atoms with Crippen molar-refractivity contribution in [3.8, 4) is 28.7 Å². The second-order valence-corrected chi connectivity index (χ2v) is 13.0. The van der Waals surface area contributed by atoms with Crippen molar-refractivity contribution in [2.45, 2.75) is 46.3 Å². The molecular formula is C38H40BrN5O4. The molecule has 2 aromatic carbocycles. The molecule has 1 atom stereocenters. The standard InChI is InChI=1S/C38H40BrN5O4/c1-23-24(2)37(45)43(5)22-32(23)27-17-34(47-6)33(35(18-27)48-7)21-42(4)20-26-10-8-12-30-25(3)44(15-14-31(26)30)38(46)28(19-40)16-29-11-9-13-36(39)41-29/h8-13,16-18,22,25H,14-15,20-21H2,1-7H3/b28-16+. The Kier molecular flexibility index (Phi) is 10.5. The number of aryl methyl sites for hydroxylation is 1. The summed E-state index contributed by atoms with van der Waals surface area (Å²) in [6, 6.07) is 17.5. The minimum Gasteiger partial charge on any atom is -0.496 e. The number of pyridine rings is 2. The van der Waals surface area contributed by atoms with Crippen molar-refractivity contribution < 1.29 is 14.3 Å². The Morgan fingerprint density at radius 2 is 1.79 bits per heavy atom. The molecule has 0 spiro atoms. The van der Waals surface area contributed by atoms with Gasteiger partial charge in [0, 0.05) is 44.0 Å². The van der Waals surface area contributed by atoms with Crippen LogP contribution in [0.2, 0.25) is 0 Å². The summed E-state index contributed by atoms with van der Waals surface area (Å²) < 4.78 is 14.0. The van der Waals surface area contributed by atoms with Crippen LogP contribution in [0, 0.1) is 25.2 Å². The lowest BCUT2D eigenvalue weighted by molar-refractivity contribution is -0.129. The van der Waals surface area contributed by atoms with Crippen LogP contribution in [-0.4, -0.2) is 53.1 Å². The normalized spacial score (nSPS) is 14.5. The van der Waals surface area contributed by atoms with Gasteiger partial charge in [0.15, 0.2) is 0 Å². The highest BCUT2D eigenvalue weighted by Gasteiger charge is 2.31. The van der Waals surface area contributed by atoms with E-state index in [1.54, 1.807) is 48.9 Å². The van der Waals surface area contributed by atoms with Gasteiger partial charge >= 0.3 is 0 Å². The van der Waals surface area contributed by atoms with E-state index in [4.69, 9.17) is 9.47 Å². The molecule has 1 aliphatic rings. The summed E-state index contributed by atoms with van der Waals surface area (Å²) >= 11 is 3.35. The van der Waals surface area contributed by atoms with Crippen molar-refractivity contribution in [3.05, 3.63) is 114 Å². The number of carbonyl (C=O) groups excluding carboxylic acids is 1. The fourth-order valence-corrected chi connectivity index (χ4v) is 6.86. The maximum absolute atomic E-state index is 13.6. The third kappa shape index (κ3) is 6.93. The molecule has 0 N–H and O–H groups in total. The van der Waals surface area contributed by atoms with Crippen LogP contribution < -0.4 is 15.0 Å². The molecule has 1 amide bonds. The highest BCUT2D eigenvalue weighted by atomic mass is 79.9. The number of benzene rings is 2. The maximum atomic E-state index is 13.6. The zero-order valence-corrected chi connectivity index (χ0v) is 30.0. The Bertz CT molecular complexity index is 1990. The topological polar surface area (TPSA) is 101 Å². The molecule has 0 aliphatic carbocycles. The van der Waals surface area contributed by atoms with Gasteiger partial charge in [-0.05, 0) is 108 Å². The summed E-state index contributed by atoms with van der Waals surface area (Å²) in [6.45, 7) is 7.58. The average Bonchev–Trinajstić information content (AvgIpc) is 3.08. The number of ether oxygens (including phenoxy) is 2. The molecule has 0 saturated carbocycles. The highest BCUT2D eigenvalue weighted by Crippen LogP contribution is 2.38. The third-order valence-corrected chi connectivity index (χ3v) is 9.63. The Morgan fingerprint density at radius 3 is 2.44 bits per heavy atom. The summed E-state index contributed by atoms with van der Waals surface area (Å²) in [5.41, 5.74) is 8.53. The largest absolute Gasteiger partial charge is 0.496 e. The van der Waals surface area contributed by atoms with Crippen molar-refractivity contribution in [1.29, 1.82) is 5.26 Å². The van der Waals surface area contributed by atoms with E-state index in [-0.39, 0.29) is 23.1 Å². The molecule has 0 fully saturated rings. The number of fused-ring (bicyclic) bond motifs is 1. The van der Waals surface area contributed by atoms with E-state index < -0.39 is 0 Å². The van der Waals surface area contributed by atoms with Gasteiger partial charge in [0.25, 0.3) is 11.5 Å². The predicted octanol–water partition coefficient (Wildman–Crippen LogP) is 6.53. The SMILES string of the molecule is COc1cc(-c2cn(C)c(=O)c(C)c2C)cc(OC)c1CN(C)Cc1cccc2c1CCN(C(=O)/C(C#N)=C/c1cccc(Br)n1)C2C. The van der Waals surface area contributed by atoms with E-state index in [0.29, 0.717) is 53.4 Å². The number of nitrogens with zero attached hydrogens (tertiary/aromatic N) is 5. The number of halogens is 1. The fourth-order valence-electron chi connectivity index (χ4n) is 6.50. The van der Waals surface area contributed by atoms with E-state index in [1.165, 1.54) is 11.1 Å². The number of nitriles is 1. The quantitative estimate of drug-likeness (QED) is 0.111. The summed E-state index contributed by atoms with van der Waals surface area (Å²) in [5.74, 6) is 1.12. The van der Waals surface area contributed by atoms with Crippen LogP contribution in [0.25, 0.3) is 17.2 Å². The van der Waals surface area contributed by atoms with Gasteiger partial charge in [-0.25, -0.2) is 4.98 Å². The van der Waals surface area contributed by atoms with E-state index in [9.17, 15) is 14.9 Å². The van der Waals surface area contributed by atoms with Crippen LogP contribution in [0.5, 0.6) is 11.5 Å². The number of carbonyl (C=O) groups is 1. The molecule has 9 nitrogen and oxygen atoms in total. The molecule has 0 bridgehead atoms. The van der Waals surface area contributed by atoms with Gasteiger partial charge < -0.3 is 18.9 Å². The first-order valence-corrected chi connectivity index (χ1v) is 16.5. The van der Waals surface area contributed by atoms with Gasteiger partial charge in [0.05, 0.1) is 31.5 Å². The number of amides is 1. The monoisotopic (exact) mass is 709 g/mol. The van der Waals surface area contributed by atoms with Crippen molar-refractivity contribution in [2.75, 3.05) is 27.8 Å². The highest BCUT2D eigenvalue weighted by molar-refractivity contribution is 9.10. The minimum atomic E-state index is -0.300. The number of hydrogen-bond donors (Lipinski definition) is 0. The molecule has 248 valence electrons. The van der Waals surface area contributed by atoms with Crippen molar-refractivity contribution in [2.24, 2.45) is 7.05 Å². The molecule has 48 heavy (non-hydrogen) atoms. The van der Waals surface area contributed by atoms with Crippen LogP contribution >= 0.6 is 15.9 Å². The second-order valence-electron chi connectivity index (χ2n) is 12.2. The number of hydrogen-bond acceptors (Lipinski definition) is 7. The van der Waals surface area contributed by atoms with E-state index in [1.807, 2.05) is 51.2 Å². The Morgan fingerprint density at radius 1 is 1.10 bits per heavy atom. The van der Waals surface area contributed by atoms with Crippen LogP contribution in [0.15, 0.2) is 69.7 Å². The molecule has 3 heterocycles. The lowest BCUT2D eigenvalue weighted by Gasteiger charge is -2.36. The van der Waals surface area contributed by atoms with Gasteiger partial charge in [-0.1, -0.05) is 24.3 Å². The summed E-state index contributed by atoms with van der Waals surface area (Å²) in [6.07, 6.45) is 4.08. The van der Waals surface area contributed by atoms with Gasteiger partial charge in [0.2, 0.25) is 0 Å². The minimum absolute atomic E-state index is 0.0110. The first-order valence-electron chi connectivity index (χ1n) is 15.7. The van der Waals surface area contributed by atoms with E-state index in [2.05, 4.69) is 51.1 Å². The zero-order valence-electron chi connectivity index (χ0n) is 28.4. The smallest absolute Gasteiger partial charge is 0.265 e. The van der Waals surface area contributed by atoms with Gasteiger partial charge in [-0.3, -0.25) is 14.5 Å². The van der Waals surface area contributed by atoms with Crippen LogP contribution in [-0.2, 0) is 31.4 Å².